The summed E-state index contributed by atoms with van der Waals surface area (Å²) in [5.41, 5.74) is 7.25. The first-order valence-corrected chi connectivity index (χ1v) is 4.41. The topological polar surface area (TPSA) is 62.0 Å². The Morgan fingerprint density at radius 1 is 1.43 bits per heavy atom. The van der Waals surface area contributed by atoms with Gasteiger partial charge in [0.25, 0.3) is 0 Å². The molecule has 0 amide bonds. The normalized spacial score (nSPS) is 12.9. The van der Waals surface area contributed by atoms with Gasteiger partial charge in [0.05, 0.1) is 11.7 Å². The van der Waals surface area contributed by atoms with Crippen LogP contribution >= 0.6 is 0 Å². The number of aromatic amines is 1. The standard InChI is InChI=1S/C11H12N2O/c1-2-8(12)10-11(14)7-5-3-4-6-9(7)13-10/h2-6,8,13-14H,1,12H2/t8-/m1/s1. The van der Waals surface area contributed by atoms with Gasteiger partial charge in [0.1, 0.15) is 5.75 Å². The summed E-state index contributed by atoms with van der Waals surface area (Å²) in [6, 6.07) is 7.16. The van der Waals surface area contributed by atoms with Gasteiger partial charge in [-0.2, -0.15) is 0 Å². The Labute approximate surface area is 81.9 Å². The lowest BCUT2D eigenvalue weighted by Gasteiger charge is -2.02. The monoisotopic (exact) mass is 188 g/mol. The van der Waals surface area contributed by atoms with E-state index in [-0.39, 0.29) is 11.8 Å². The average Bonchev–Trinajstić information content (AvgIpc) is 2.56. The fourth-order valence-electron chi connectivity index (χ4n) is 1.51. The van der Waals surface area contributed by atoms with E-state index in [0.29, 0.717) is 5.69 Å². The van der Waals surface area contributed by atoms with Crippen LogP contribution in [0.2, 0.25) is 0 Å². The van der Waals surface area contributed by atoms with Crippen LogP contribution < -0.4 is 5.73 Å². The van der Waals surface area contributed by atoms with Crippen molar-refractivity contribution in [3.8, 4) is 5.75 Å². The fraction of sp³-hybridized carbons (Fsp3) is 0.0909. The molecule has 2 rings (SSSR count). The smallest absolute Gasteiger partial charge is 0.146 e. The van der Waals surface area contributed by atoms with Crippen LogP contribution in [0.4, 0.5) is 0 Å². The first kappa shape index (κ1) is 8.84. The van der Waals surface area contributed by atoms with E-state index in [2.05, 4.69) is 11.6 Å². The minimum absolute atomic E-state index is 0.216. The first-order chi connectivity index (χ1) is 6.74. The molecule has 1 aromatic carbocycles. The van der Waals surface area contributed by atoms with Gasteiger partial charge >= 0.3 is 0 Å². The van der Waals surface area contributed by atoms with Gasteiger partial charge in [0.2, 0.25) is 0 Å². The maximum absolute atomic E-state index is 9.83. The van der Waals surface area contributed by atoms with Crippen molar-refractivity contribution in [2.75, 3.05) is 0 Å². The predicted molar refractivity (Wildman–Crippen MR) is 57.1 cm³/mol. The molecule has 0 aliphatic rings. The van der Waals surface area contributed by atoms with Crippen LogP contribution in [-0.4, -0.2) is 10.1 Å². The zero-order valence-corrected chi connectivity index (χ0v) is 7.70. The lowest BCUT2D eigenvalue weighted by atomic mass is 10.2. The lowest BCUT2D eigenvalue weighted by Crippen LogP contribution is -2.06. The number of nitrogens with one attached hydrogen (secondary N) is 1. The highest BCUT2D eigenvalue weighted by atomic mass is 16.3. The van der Waals surface area contributed by atoms with Crippen LogP contribution in [0.5, 0.6) is 5.75 Å². The molecule has 72 valence electrons. The average molecular weight is 188 g/mol. The Bertz CT molecular complexity index is 473. The fourth-order valence-corrected chi connectivity index (χ4v) is 1.51. The van der Waals surface area contributed by atoms with Crippen molar-refractivity contribution < 1.29 is 5.11 Å². The minimum atomic E-state index is -0.359. The summed E-state index contributed by atoms with van der Waals surface area (Å²) >= 11 is 0. The predicted octanol–water partition coefficient (Wildman–Crippen LogP) is 2.06. The highest BCUT2D eigenvalue weighted by molar-refractivity contribution is 5.87. The summed E-state index contributed by atoms with van der Waals surface area (Å²) in [5, 5.41) is 10.6. The molecule has 1 atom stereocenters. The molecule has 0 saturated carbocycles. The molecule has 0 aliphatic heterocycles. The zero-order chi connectivity index (χ0) is 10.1. The molecule has 4 N–H and O–H groups in total. The summed E-state index contributed by atoms with van der Waals surface area (Å²) in [5.74, 6) is 0.216. The summed E-state index contributed by atoms with van der Waals surface area (Å²) < 4.78 is 0. The number of aromatic nitrogens is 1. The Morgan fingerprint density at radius 3 is 2.79 bits per heavy atom. The van der Waals surface area contributed by atoms with Gasteiger partial charge in [-0.3, -0.25) is 0 Å². The summed E-state index contributed by atoms with van der Waals surface area (Å²) in [6.07, 6.45) is 1.59. The van der Waals surface area contributed by atoms with E-state index in [0.717, 1.165) is 10.9 Å². The first-order valence-electron chi connectivity index (χ1n) is 4.41. The van der Waals surface area contributed by atoms with E-state index in [1.807, 2.05) is 24.3 Å². The highest BCUT2D eigenvalue weighted by Crippen LogP contribution is 2.31. The molecule has 0 bridgehead atoms. The van der Waals surface area contributed by atoms with Crippen molar-refractivity contribution >= 4 is 10.9 Å². The third-order valence-electron chi connectivity index (χ3n) is 2.29. The molecule has 0 unspecified atom stereocenters. The number of aromatic hydroxyl groups is 1. The van der Waals surface area contributed by atoms with Crippen molar-refractivity contribution in [1.82, 2.24) is 4.98 Å². The minimum Gasteiger partial charge on any atom is -0.505 e. The maximum Gasteiger partial charge on any atom is 0.146 e. The second-order valence-electron chi connectivity index (χ2n) is 3.19. The van der Waals surface area contributed by atoms with Crippen molar-refractivity contribution in [3.05, 3.63) is 42.6 Å². The molecule has 2 aromatic rings. The van der Waals surface area contributed by atoms with Gasteiger partial charge in [0.15, 0.2) is 0 Å². The summed E-state index contributed by atoms with van der Waals surface area (Å²) in [4.78, 5) is 3.07. The Morgan fingerprint density at radius 2 is 2.14 bits per heavy atom. The molecular weight excluding hydrogens is 176 g/mol. The van der Waals surface area contributed by atoms with Gasteiger partial charge in [-0.1, -0.05) is 18.2 Å². The molecule has 14 heavy (non-hydrogen) atoms. The van der Waals surface area contributed by atoms with E-state index < -0.39 is 0 Å². The molecule has 3 nitrogen and oxygen atoms in total. The Balaban J connectivity index is 2.68. The van der Waals surface area contributed by atoms with Gasteiger partial charge in [-0.05, 0) is 12.1 Å². The maximum atomic E-state index is 9.83. The second-order valence-corrected chi connectivity index (χ2v) is 3.19. The van der Waals surface area contributed by atoms with Gasteiger partial charge in [-0.25, -0.2) is 0 Å². The SMILES string of the molecule is C=C[C@@H](N)c1[nH]c2ccccc2c1O. The Hall–Kier alpha value is -1.74. The number of nitrogens with two attached hydrogens (primary N) is 1. The molecular formula is C11H12N2O. The van der Waals surface area contributed by atoms with E-state index in [1.54, 1.807) is 6.08 Å². The van der Waals surface area contributed by atoms with Gasteiger partial charge in [-0.15, -0.1) is 6.58 Å². The molecule has 0 spiro atoms. The van der Waals surface area contributed by atoms with Crippen LogP contribution in [0.3, 0.4) is 0 Å². The van der Waals surface area contributed by atoms with E-state index >= 15 is 0 Å². The molecule has 3 heteroatoms. The largest absolute Gasteiger partial charge is 0.505 e. The van der Waals surface area contributed by atoms with E-state index in [4.69, 9.17) is 5.73 Å². The number of hydrogen-bond acceptors (Lipinski definition) is 2. The van der Waals surface area contributed by atoms with Crippen molar-refractivity contribution in [1.29, 1.82) is 0 Å². The van der Waals surface area contributed by atoms with Crippen molar-refractivity contribution in [2.24, 2.45) is 5.73 Å². The number of para-hydroxylation sites is 1. The third kappa shape index (κ3) is 1.18. The molecule has 1 aromatic heterocycles. The van der Waals surface area contributed by atoms with Crippen LogP contribution in [0.15, 0.2) is 36.9 Å². The second kappa shape index (κ2) is 3.20. The van der Waals surface area contributed by atoms with Crippen molar-refractivity contribution in [2.45, 2.75) is 6.04 Å². The van der Waals surface area contributed by atoms with Crippen LogP contribution in [0.1, 0.15) is 11.7 Å². The molecule has 0 saturated heterocycles. The molecule has 0 aliphatic carbocycles. The number of rotatable bonds is 2. The number of hydrogen-bond donors (Lipinski definition) is 3. The van der Waals surface area contributed by atoms with Gasteiger partial charge in [0, 0.05) is 10.9 Å². The molecule has 0 fully saturated rings. The van der Waals surface area contributed by atoms with Crippen LogP contribution in [0.25, 0.3) is 10.9 Å². The number of benzene rings is 1. The number of fused-ring (bicyclic) bond motifs is 1. The summed E-state index contributed by atoms with van der Waals surface area (Å²) in [7, 11) is 0. The third-order valence-corrected chi connectivity index (χ3v) is 2.29. The lowest BCUT2D eigenvalue weighted by molar-refractivity contribution is 0.471. The van der Waals surface area contributed by atoms with E-state index in [9.17, 15) is 5.11 Å². The molecule has 1 heterocycles. The summed E-state index contributed by atoms with van der Waals surface area (Å²) in [6.45, 7) is 3.59. The Kier molecular flexibility index (Phi) is 2.02. The van der Waals surface area contributed by atoms with Crippen LogP contribution in [0, 0.1) is 0 Å². The zero-order valence-electron chi connectivity index (χ0n) is 7.70. The molecule has 0 radical (unpaired) electrons. The van der Waals surface area contributed by atoms with E-state index in [1.165, 1.54) is 0 Å². The van der Waals surface area contributed by atoms with Crippen LogP contribution in [-0.2, 0) is 0 Å². The quantitative estimate of drug-likeness (QED) is 0.632. The number of H-pyrrole nitrogens is 1. The highest BCUT2D eigenvalue weighted by Gasteiger charge is 2.13. The van der Waals surface area contributed by atoms with Gasteiger partial charge < -0.3 is 15.8 Å². The van der Waals surface area contributed by atoms with Crippen molar-refractivity contribution in [3.63, 3.8) is 0 Å².